The molecule has 1 aromatic heterocycles. The van der Waals surface area contributed by atoms with Gasteiger partial charge in [0.25, 0.3) is 0 Å². The van der Waals surface area contributed by atoms with E-state index in [-0.39, 0.29) is 11.8 Å². The van der Waals surface area contributed by atoms with Gasteiger partial charge in [0.05, 0.1) is 19.8 Å². The van der Waals surface area contributed by atoms with Crippen molar-refractivity contribution in [3.63, 3.8) is 0 Å². The molecule has 0 saturated heterocycles. The predicted octanol–water partition coefficient (Wildman–Crippen LogP) is 2.68. The highest BCUT2D eigenvalue weighted by Gasteiger charge is 2.25. The van der Waals surface area contributed by atoms with Crippen molar-refractivity contribution < 1.29 is 9.53 Å². The molecule has 5 heteroatoms. The van der Waals surface area contributed by atoms with E-state index in [4.69, 9.17) is 4.74 Å². The number of carbonyl (C=O) groups excluding carboxylic acids is 1. The maximum atomic E-state index is 12.8. The number of hydrogen-bond acceptors (Lipinski definition) is 3. The maximum absolute atomic E-state index is 12.8. The molecule has 0 N–H and O–H groups in total. The smallest absolute Gasteiger partial charge is 0.223 e. The van der Waals surface area contributed by atoms with E-state index >= 15 is 0 Å². The lowest BCUT2D eigenvalue weighted by atomic mass is 10.1. The number of hydrogen-bond donors (Lipinski definition) is 0. The number of ether oxygens (including phenoxy) is 1. The monoisotopic (exact) mass is 339 g/mol. The molecule has 132 valence electrons. The van der Waals surface area contributed by atoms with E-state index in [1.54, 1.807) is 12.3 Å². The Morgan fingerprint density at radius 2 is 2.16 bits per heavy atom. The van der Waals surface area contributed by atoms with Gasteiger partial charge in [-0.15, -0.1) is 6.58 Å². The molecule has 2 heterocycles. The Labute approximate surface area is 148 Å². The van der Waals surface area contributed by atoms with E-state index in [0.29, 0.717) is 32.7 Å². The van der Waals surface area contributed by atoms with E-state index in [1.807, 2.05) is 29.3 Å². The minimum atomic E-state index is 0.175. The highest BCUT2D eigenvalue weighted by molar-refractivity contribution is 5.76. The fourth-order valence-electron chi connectivity index (χ4n) is 3.21. The number of carbonyl (C=O) groups is 1. The van der Waals surface area contributed by atoms with E-state index in [2.05, 4.69) is 28.3 Å². The van der Waals surface area contributed by atoms with Crippen LogP contribution in [0.4, 0.5) is 0 Å². The van der Waals surface area contributed by atoms with Crippen LogP contribution in [0.2, 0.25) is 0 Å². The standard InChI is InChI=1S/C20H25N3O2/c1-2-12-25-16-18-13-22-11-10-21-19(22)15-23(14-18)20(24)9-8-17-6-4-3-5-7-17/h2-7,10-11,18H,1,8-9,12-16H2. The first-order valence-electron chi connectivity index (χ1n) is 8.76. The maximum Gasteiger partial charge on any atom is 0.223 e. The summed E-state index contributed by atoms with van der Waals surface area (Å²) in [6.07, 6.45) is 6.82. The lowest BCUT2D eigenvalue weighted by molar-refractivity contribution is -0.132. The molecule has 0 radical (unpaired) electrons. The number of fused-ring (bicyclic) bond motifs is 1. The zero-order chi connectivity index (χ0) is 17.5. The molecule has 1 amide bonds. The van der Waals surface area contributed by atoms with Gasteiger partial charge in [-0.2, -0.15) is 0 Å². The SMILES string of the molecule is C=CCOCC1CN(C(=O)CCc2ccccc2)Cc2nccn2C1. The summed E-state index contributed by atoms with van der Waals surface area (Å²) >= 11 is 0. The van der Waals surface area contributed by atoms with Crippen LogP contribution in [0, 0.1) is 5.92 Å². The summed E-state index contributed by atoms with van der Waals surface area (Å²) < 4.78 is 7.77. The Bertz CT molecular complexity index is 696. The molecular weight excluding hydrogens is 314 g/mol. The van der Waals surface area contributed by atoms with Crippen LogP contribution in [0.15, 0.2) is 55.4 Å². The first kappa shape index (κ1) is 17.4. The van der Waals surface area contributed by atoms with Gasteiger partial charge >= 0.3 is 0 Å². The molecule has 0 bridgehead atoms. The number of imidazole rings is 1. The Kier molecular flexibility index (Phi) is 6.01. The summed E-state index contributed by atoms with van der Waals surface area (Å²) in [4.78, 5) is 19.1. The van der Waals surface area contributed by atoms with Gasteiger partial charge in [-0.25, -0.2) is 4.98 Å². The second kappa shape index (κ2) is 8.62. The minimum absolute atomic E-state index is 0.175. The summed E-state index contributed by atoms with van der Waals surface area (Å²) in [5.74, 6) is 1.38. The molecule has 1 aromatic carbocycles. The third-order valence-corrected chi connectivity index (χ3v) is 4.48. The third-order valence-electron chi connectivity index (χ3n) is 4.48. The molecule has 0 fully saturated rings. The molecule has 1 atom stereocenters. The van der Waals surface area contributed by atoms with Crippen molar-refractivity contribution in [3.8, 4) is 0 Å². The van der Waals surface area contributed by atoms with E-state index in [1.165, 1.54) is 5.56 Å². The van der Waals surface area contributed by atoms with Crippen LogP contribution in [-0.4, -0.2) is 40.1 Å². The molecule has 3 rings (SSSR count). The number of nitrogens with zero attached hydrogens (tertiary/aromatic N) is 3. The molecule has 25 heavy (non-hydrogen) atoms. The van der Waals surface area contributed by atoms with E-state index in [9.17, 15) is 4.79 Å². The predicted molar refractivity (Wildman–Crippen MR) is 96.9 cm³/mol. The molecule has 2 aromatic rings. The second-order valence-electron chi connectivity index (χ2n) is 6.45. The number of aromatic nitrogens is 2. The van der Waals surface area contributed by atoms with Crippen LogP contribution in [0.1, 0.15) is 17.8 Å². The summed E-state index contributed by atoms with van der Waals surface area (Å²) in [7, 11) is 0. The van der Waals surface area contributed by atoms with Crippen molar-refractivity contribution in [1.29, 1.82) is 0 Å². The lowest BCUT2D eigenvalue weighted by Gasteiger charge is -2.24. The lowest BCUT2D eigenvalue weighted by Crippen LogP contribution is -2.35. The second-order valence-corrected chi connectivity index (χ2v) is 6.45. The van der Waals surface area contributed by atoms with E-state index < -0.39 is 0 Å². The number of benzene rings is 1. The molecule has 0 aliphatic carbocycles. The highest BCUT2D eigenvalue weighted by atomic mass is 16.5. The van der Waals surface area contributed by atoms with Crippen LogP contribution in [0.3, 0.4) is 0 Å². The molecular formula is C20H25N3O2. The van der Waals surface area contributed by atoms with Gasteiger partial charge in [0, 0.05) is 37.8 Å². The van der Waals surface area contributed by atoms with Gasteiger partial charge in [0.1, 0.15) is 5.82 Å². The molecule has 1 unspecified atom stereocenters. The van der Waals surface area contributed by atoms with Gasteiger partial charge < -0.3 is 14.2 Å². The third kappa shape index (κ3) is 4.79. The Balaban J connectivity index is 1.64. The zero-order valence-corrected chi connectivity index (χ0v) is 14.5. The highest BCUT2D eigenvalue weighted by Crippen LogP contribution is 2.17. The average Bonchev–Trinajstić information content (AvgIpc) is 2.99. The van der Waals surface area contributed by atoms with Crippen molar-refractivity contribution in [2.24, 2.45) is 5.92 Å². The Hall–Kier alpha value is -2.40. The molecule has 5 nitrogen and oxygen atoms in total. The van der Waals surface area contributed by atoms with Crippen molar-refractivity contribution in [2.75, 3.05) is 19.8 Å². The van der Waals surface area contributed by atoms with Gasteiger partial charge in [0.15, 0.2) is 0 Å². The van der Waals surface area contributed by atoms with Crippen LogP contribution in [0.25, 0.3) is 0 Å². The Morgan fingerprint density at radius 1 is 1.32 bits per heavy atom. The van der Waals surface area contributed by atoms with Crippen molar-refractivity contribution in [2.45, 2.75) is 25.9 Å². The fourth-order valence-corrected chi connectivity index (χ4v) is 3.21. The normalized spacial score (nSPS) is 17.0. The van der Waals surface area contributed by atoms with Crippen LogP contribution in [0.5, 0.6) is 0 Å². The average molecular weight is 339 g/mol. The van der Waals surface area contributed by atoms with Gasteiger partial charge in [0.2, 0.25) is 5.91 Å². The van der Waals surface area contributed by atoms with Gasteiger partial charge in [-0.3, -0.25) is 4.79 Å². The summed E-state index contributed by atoms with van der Waals surface area (Å²) in [5.41, 5.74) is 1.19. The minimum Gasteiger partial charge on any atom is -0.377 e. The quantitative estimate of drug-likeness (QED) is 0.575. The molecule has 1 aliphatic heterocycles. The molecule has 1 aliphatic rings. The molecule has 0 spiro atoms. The van der Waals surface area contributed by atoms with Crippen molar-refractivity contribution in [3.05, 3.63) is 66.8 Å². The van der Waals surface area contributed by atoms with Gasteiger partial charge in [-0.05, 0) is 12.0 Å². The van der Waals surface area contributed by atoms with Crippen LogP contribution >= 0.6 is 0 Å². The summed E-state index contributed by atoms with van der Waals surface area (Å²) in [6, 6.07) is 10.1. The topological polar surface area (TPSA) is 47.4 Å². The zero-order valence-electron chi connectivity index (χ0n) is 14.5. The molecule has 0 saturated carbocycles. The Morgan fingerprint density at radius 3 is 2.96 bits per heavy atom. The largest absolute Gasteiger partial charge is 0.377 e. The van der Waals surface area contributed by atoms with Crippen molar-refractivity contribution in [1.82, 2.24) is 14.5 Å². The number of amides is 1. The number of rotatable bonds is 7. The fraction of sp³-hybridized carbons (Fsp3) is 0.400. The number of aryl methyl sites for hydroxylation is 1. The van der Waals surface area contributed by atoms with Gasteiger partial charge in [-0.1, -0.05) is 36.4 Å². The van der Waals surface area contributed by atoms with Crippen LogP contribution in [-0.2, 0) is 29.0 Å². The summed E-state index contributed by atoms with van der Waals surface area (Å²) in [6.45, 7) is 6.93. The van der Waals surface area contributed by atoms with E-state index in [0.717, 1.165) is 18.8 Å². The van der Waals surface area contributed by atoms with Crippen LogP contribution < -0.4 is 0 Å². The van der Waals surface area contributed by atoms with Crippen molar-refractivity contribution >= 4 is 5.91 Å². The first-order valence-corrected chi connectivity index (χ1v) is 8.76. The first-order chi connectivity index (χ1) is 12.3. The summed E-state index contributed by atoms with van der Waals surface area (Å²) in [5, 5.41) is 0.